The van der Waals surface area contributed by atoms with Crippen LogP contribution in [-0.2, 0) is 11.3 Å². The molecule has 0 spiro atoms. The summed E-state index contributed by atoms with van der Waals surface area (Å²) < 4.78 is 13.0. The van der Waals surface area contributed by atoms with Crippen LogP contribution in [0.25, 0.3) is 11.3 Å². The summed E-state index contributed by atoms with van der Waals surface area (Å²) in [6.45, 7) is 7.34. The first-order chi connectivity index (χ1) is 13.4. The number of aromatic nitrogens is 4. The minimum Gasteiger partial charge on any atom is -0.490 e. The second-order valence-corrected chi connectivity index (χ2v) is 7.78. The molecule has 1 atom stereocenters. The second kappa shape index (κ2) is 8.55. The highest BCUT2D eigenvalue weighted by molar-refractivity contribution is 5.69. The Kier molecular flexibility index (Phi) is 6.13. The van der Waals surface area contributed by atoms with Crippen LogP contribution in [-0.4, -0.2) is 67.5 Å². The van der Waals surface area contributed by atoms with Crippen molar-refractivity contribution in [3.63, 3.8) is 0 Å². The van der Waals surface area contributed by atoms with E-state index in [1.54, 1.807) is 22.0 Å². The maximum absolute atomic E-state index is 12.2. The topological polar surface area (TPSA) is 103 Å². The van der Waals surface area contributed by atoms with Gasteiger partial charge < -0.3 is 19.5 Å². The molecule has 1 amide bonds. The van der Waals surface area contributed by atoms with Gasteiger partial charge in [0, 0.05) is 31.5 Å². The Bertz CT molecular complexity index is 802. The zero-order valence-electron chi connectivity index (χ0n) is 16.5. The Labute approximate surface area is 164 Å². The van der Waals surface area contributed by atoms with Crippen LogP contribution in [0.3, 0.4) is 0 Å². The van der Waals surface area contributed by atoms with Gasteiger partial charge in [0.05, 0.1) is 18.4 Å². The summed E-state index contributed by atoms with van der Waals surface area (Å²) in [7, 11) is 0. The van der Waals surface area contributed by atoms with E-state index in [9.17, 15) is 4.79 Å². The Hall–Kier alpha value is -2.68. The molecule has 3 heterocycles. The SMILES string of the molecule is CC(C)(C)OC(=O)N1CC[C@H]1COc1cncc(-c2cn(CCCO)nn2)c1. The molecule has 1 aliphatic rings. The zero-order chi connectivity index (χ0) is 20.1. The minimum atomic E-state index is -0.509. The van der Waals surface area contributed by atoms with Crippen LogP contribution in [0.5, 0.6) is 5.75 Å². The highest BCUT2D eigenvalue weighted by Crippen LogP contribution is 2.24. The van der Waals surface area contributed by atoms with Gasteiger partial charge in [-0.25, -0.2) is 4.79 Å². The van der Waals surface area contributed by atoms with Gasteiger partial charge in [-0.3, -0.25) is 9.67 Å². The Morgan fingerprint density at radius 3 is 2.86 bits per heavy atom. The third kappa shape index (κ3) is 5.19. The lowest BCUT2D eigenvalue weighted by atomic mass is 10.1. The van der Waals surface area contributed by atoms with Gasteiger partial charge in [0.15, 0.2) is 0 Å². The fourth-order valence-electron chi connectivity index (χ4n) is 2.78. The number of aryl methyl sites for hydroxylation is 1. The first-order valence-corrected chi connectivity index (χ1v) is 9.44. The minimum absolute atomic E-state index is 0.00198. The predicted molar refractivity (Wildman–Crippen MR) is 102 cm³/mol. The van der Waals surface area contributed by atoms with Crippen LogP contribution >= 0.6 is 0 Å². The summed E-state index contributed by atoms with van der Waals surface area (Å²) in [5, 5.41) is 17.1. The van der Waals surface area contributed by atoms with E-state index in [2.05, 4.69) is 15.3 Å². The number of ether oxygens (including phenoxy) is 2. The van der Waals surface area contributed by atoms with Gasteiger partial charge in [-0.2, -0.15) is 0 Å². The van der Waals surface area contributed by atoms with Crippen molar-refractivity contribution in [2.75, 3.05) is 19.8 Å². The smallest absolute Gasteiger partial charge is 0.410 e. The van der Waals surface area contributed by atoms with E-state index in [4.69, 9.17) is 14.6 Å². The second-order valence-electron chi connectivity index (χ2n) is 7.78. The van der Waals surface area contributed by atoms with Crippen LogP contribution in [0.2, 0.25) is 0 Å². The van der Waals surface area contributed by atoms with Crippen molar-refractivity contribution in [1.82, 2.24) is 24.9 Å². The molecule has 0 unspecified atom stereocenters. The maximum atomic E-state index is 12.2. The molecule has 2 aromatic heterocycles. The van der Waals surface area contributed by atoms with Gasteiger partial charge in [0.25, 0.3) is 0 Å². The van der Waals surface area contributed by atoms with Crippen molar-refractivity contribution in [1.29, 1.82) is 0 Å². The molecule has 0 aromatic carbocycles. The number of hydrogen-bond donors (Lipinski definition) is 1. The van der Waals surface area contributed by atoms with E-state index in [0.717, 1.165) is 12.0 Å². The van der Waals surface area contributed by atoms with Crippen LogP contribution in [0, 0.1) is 0 Å². The molecule has 1 N–H and O–H groups in total. The molecule has 1 saturated heterocycles. The van der Waals surface area contributed by atoms with E-state index < -0.39 is 5.60 Å². The van der Waals surface area contributed by atoms with Gasteiger partial charge in [-0.15, -0.1) is 5.10 Å². The Morgan fingerprint density at radius 2 is 2.18 bits per heavy atom. The number of aliphatic hydroxyl groups is 1. The number of hydrogen-bond acceptors (Lipinski definition) is 7. The van der Waals surface area contributed by atoms with E-state index >= 15 is 0 Å². The summed E-state index contributed by atoms with van der Waals surface area (Å²) >= 11 is 0. The van der Waals surface area contributed by atoms with Crippen molar-refractivity contribution in [3.05, 3.63) is 24.7 Å². The lowest BCUT2D eigenvalue weighted by Crippen LogP contribution is -2.55. The predicted octanol–water partition coefficient (Wildman–Crippen LogP) is 2.11. The number of carbonyl (C=O) groups is 1. The highest BCUT2D eigenvalue weighted by Gasteiger charge is 2.35. The fourth-order valence-corrected chi connectivity index (χ4v) is 2.78. The van der Waals surface area contributed by atoms with Crippen molar-refractivity contribution in [2.24, 2.45) is 0 Å². The van der Waals surface area contributed by atoms with Gasteiger partial charge in [0.1, 0.15) is 23.7 Å². The number of likely N-dealkylation sites (tertiary alicyclic amines) is 1. The molecule has 0 bridgehead atoms. The molecule has 0 radical (unpaired) electrons. The number of pyridine rings is 1. The Morgan fingerprint density at radius 1 is 1.36 bits per heavy atom. The number of rotatable bonds is 7. The molecule has 1 fully saturated rings. The quantitative estimate of drug-likeness (QED) is 0.773. The molecule has 2 aromatic rings. The van der Waals surface area contributed by atoms with E-state index in [1.807, 2.05) is 33.0 Å². The molecule has 0 aliphatic carbocycles. The van der Waals surface area contributed by atoms with E-state index in [0.29, 0.717) is 37.6 Å². The highest BCUT2D eigenvalue weighted by atomic mass is 16.6. The summed E-state index contributed by atoms with van der Waals surface area (Å²) in [5.74, 6) is 0.610. The molecule has 9 nitrogen and oxygen atoms in total. The zero-order valence-corrected chi connectivity index (χ0v) is 16.5. The number of nitrogens with zero attached hydrogens (tertiary/aromatic N) is 5. The molecule has 152 valence electrons. The first-order valence-electron chi connectivity index (χ1n) is 9.44. The van der Waals surface area contributed by atoms with Crippen molar-refractivity contribution >= 4 is 6.09 Å². The number of aliphatic hydroxyl groups excluding tert-OH is 1. The van der Waals surface area contributed by atoms with Crippen molar-refractivity contribution in [2.45, 2.75) is 51.8 Å². The van der Waals surface area contributed by atoms with Gasteiger partial charge in [-0.1, -0.05) is 5.21 Å². The summed E-state index contributed by atoms with van der Waals surface area (Å²) in [6.07, 6.45) is 6.34. The molecule has 3 rings (SSSR count). The molecule has 9 heteroatoms. The van der Waals surface area contributed by atoms with E-state index in [-0.39, 0.29) is 18.7 Å². The van der Waals surface area contributed by atoms with Crippen LogP contribution < -0.4 is 4.74 Å². The number of amides is 1. The van der Waals surface area contributed by atoms with Gasteiger partial charge in [0.2, 0.25) is 0 Å². The monoisotopic (exact) mass is 389 g/mol. The van der Waals surface area contributed by atoms with Gasteiger partial charge in [-0.05, 0) is 39.7 Å². The van der Waals surface area contributed by atoms with Crippen molar-refractivity contribution in [3.8, 4) is 17.0 Å². The summed E-state index contributed by atoms with van der Waals surface area (Å²) in [4.78, 5) is 18.1. The maximum Gasteiger partial charge on any atom is 0.410 e. The Balaban J connectivity index is 1.56. The third-order valence-electron chi connectivity index (χ3n) is 4.31. The van der Waals surface area contributed by atoms with Crippen LogP contribution in [0.1, 0.15) is 33.6 Å². The average Bonchev–Trinajstić information content (AvgIpc) is 3.06. The van der Waals surface area contributed by atoms with Crippen LogP contribution in [0.4, 0.5) is 4.79 Å². The lowest BCUT2D eigenvalue weighted by molar-refractivity contribution is -0.0141. The molecule has 1 aliphatic heterocycles. The largest absolute Gasteiger partial charge is 0.490 e. The average molecular weight is 389 g/mol. The normalized spacial score (nSPS) is 16.6. The summed E-state index contributed by atoms with van der Waals surface area (Å²) in [6, 6.07) is 1.85. The molecular formula is C19H27N5O4. The number of carbonyl (C=O) groups excluding carboxylic acids is 1. The molecular weight excluding hydrogens is 362 g/mol. The molecule has 28 heavy (non-hydrogen) atoms. The lowest BCUT2D eigenvalue weighted by Gasteiger charge is -2.40. The van der Waals surface area contributed by atoms with E-state index in [1.165, 1.54) is 0 Å². The first kappa shape index (κ1) is 20.1. The fraction of sp³-hybridized carbons (Fsp3) is 0.579. The standard InChI is InChI=1S/C19H27N5O4/c1-19(2,3)28-18(26)24-7-5-15(24)13-27-16-9-14(10-20-11-16)17-12-23(22-21-17)6-4-8-25/h9-12,15,25H,4-8,13H2,1-3H3/t15-/m0/s1. The summed E-state index contributed by atoms with van der Waals surface area (Å²) in [5.41, 5.74) is 0.977. The molecule has 0 saturated carbocycles. The third-order valence-corrected chi connectivity index (χ3v) is 4.31. The van der Waals surface area contributed by atoms with Crippen LogP contribution in [0.15, 0.2) is 24.7 Å². The van der Waals surface area contributed by atoms with Crippen molar-refractivity contribution < 1.29 is 19.4 Å². The van der Waals surface area contributed by atoms with Gasteiger partial charge >= 0.3 is 6.09 Å².